The zero-order chi connectivity index (χ0) is 18.6. The van der Waals surface area contributed by atoms with Crippen LogP contribution in [0.4, 0.5) is 0 Å². The molecule has 0 bridgehead atoms. The SMILES string of the molecule is O=C(O)CC1(NC(=O)c2cc(-c3ccccc3)[nH]c(=O)c2)CCCOC1. The lowest BCUT2D eigenvalue weighted by Gasteiger charge is -2.36. The third-order valence-corrected chi connectivity index (χ3v) is 4.38. The van der Waals surface area contributed by atoms with Gasteiger partial charge in [0.05, 0.1) is 18.6 Å². The van der Waals surface area contributed by atoms with Crippen LogP contribution in [0.5, 0.6) is 0 Å². The number of carbonyl (C=O) groups excluding carboxylic acids is 1. The first kappa shape index (κ1) is 17.9. The van der Waals surface area contributed by atoms with Crippen molar-refractivity contribution in [2.45, 2.75) is 24.8 Å². The molecule has 0 aliphatic carbocycles. The lowest BCUT2D eigenvalue weighted by Crippen LogP contribution is -2.55. The minimum atomic E-state index is -1.01. The number of pyridine rings is 1. The molecule has 1 aliphatic heterocycles. The van der Waals surface area contributed by atoms with Crippen LogP contribution in [0.25, 0.3) is 11.3 Å². The minimum absolute atomic E-state index is 0.139. The summed E-state index contributed by atoms with van der Waals surface area (Å²) in [4.78, 5) is 38.6. The van der Waals surface area contributed by atoms with E-state index in [9.17, 15) is 19.5 Å². The summed E-state index contributed by atoms with van der Waals surface area (Å²) in [5.41, 5.74) is 0.124. The Hall–Kier alpha value is -2.93. The van der Waals surface area contributed by atoms with Gasteiger partial charge >= 0.3 is 5.97 Å². The summed E-state index contributed by atoms with van der Waals surface area (Å²) in [7, 11) is 0. The molecular formula is C19H20N2O5. The quantitative estimate of drug-likeness (QED) is 0.757. The van der Waals surface area contributed by atoms with Crippen LogP contribution in [0, 0.1) is 0 Å². The molecular weight excluding hydrogens is 336 g/mol. The Labute approximate surface area is 150 Å². The molecule has 1 aliphatic rings. The van der Waals surface area contributed by atoms with Gasteiger partial charge in [0, 0.05) is 23.9 Å². The van der Waals surface area contributed by atoms with Crippen LogP contribution in [-0.2, 0) is 9.53 Å². The van der Waals surface area contributed by atoms with Crippen molar-refractivity contribution >= 4 is 11.9 Å². The van der Waals surface area contributed by atoms with Crippen molar-refractivity contribution in [2.75, 3.05) is 13.2 Å². The van der Waals surface area contributed by atoms with E-state index in [1.807, 2.05) is 30.3 Å². The summed E-state index contributed by atoms with van der Waals surface area (Å²) < 4.78 is 5.39. The Bertz CT molecular complexity index is 854. The van der Waals surface area contributed by atoms with Crippen LogP contribution in [0.15, 0.2) is 47.3 Å². The average molecular weight is 356 g/mol. The van der Waals surface area contributed by atoms with Gasteiger partial charge in [-0.15, -0.1) is 0 Å². The lowest BCUT2D eigenvalue weighted by atomic mass is 9.88. The van der Waals surface area contributed by atoms with Gasteiger partial charge in [-0.25, -0.2) is 0 Å². The van der Waals surface area contributed by atoms with E-state index < -0.39 is 23.0 Å². The fraction of sp³-hybridized carbons (Fsp3) is 0.316. The molecule has 1 saturated heterocycles. The van der Waals surface area contributed by atoms with Gasteiger partial charge in [-0.05, 0) is 24.5 Å². The number of nitrogens with one attached hydrogen (secondary N) is 2. The molecule has 1 fully saturated rings. The Morgan fingerprint density at radius 1 is 1.23 bits per heavy atom. The number of carbonyl (C=O) groups is 2. The molecule has 3 rings (SSSR count). The first-order chi connectivity index (χ1) is 12.5. The highest BCUT2D eigenvalue weighted by molar-refractivity contribution is 5.95. The molecule has 136 valence electrons. The Morgan fingerprint density at radius 3 is 2.65 bits per heavy atom. The molecule has 26 heavy (non-hydrogen) atoms. The summed E-state index contributed by atoms with van der Waals surface area (Å²) in [6.45, 7) is 0.681. The number of benzene rings is 1. The largest absolute Gasteiger partial charge is 0.481 e. The molecule has 7 heteroatoms. The van der Waals surface area contributed by atoms with E-state index in [2.05, 4.69) is 10.3 Å². The van der Waals surface area contributed by atoms with Crippen LogP contribution >= 0.6 is 0 Å². The van der Waals surface area contributed by atoms with E-state index in [0.717, 1.165) is 5.56 Å². The summed E-state index contributed by atoms with van der Waals surface area (Å²) in [5.74, 6) is -1.49. The van der Waals surface area contributed by atoms with E-state index in [4.69, 9.17) is 4.74 Å². The van der Waals surface area contributed by atoms with Crippen molar-refractivity contribution in [1.82, 2.24) is 10.3 Å². The molecule has 1 aromatic carbocycles. The molecule has 0 radical (unpaired) electrons. The predicted octanol–water partition coefficient (Wildman–Crippen LogP) is 1.80. The van der Waals surface area contributed by atoms with E-state index in [-0.39, 0.29) is 18.6 Å². The standard InChI is InChI=1S/C19H20N2O5/c22-16-10-14(9-15(20-16)13-5-2-1-3-6-13)18(25)21-19(11-17(23)24)7-4-8-26-12-19/h1-3,5-6,9-10H,4,7-8,11-12H2,(H,20,22)(H,21,25)(H,23,24). The zero-order valence-corrected chi connectivity index (χ0v) is 14.2. The summed E-state index contributed by atoms with van der Waals surface area (Å²) in [6.07, 6.45) is 0.950. The van der Waals surface area contributed by atoms with Crippen LogP contribution in [0.2, 0.25) is 0 Å². The number of rotatable bonds is 5. The number of hydrogen-bond acceptors (Lipinski definition) is 4. The smallest absolute Gasteiger partial charge is 0.305 e. The van der Waals surface area contributed by atoms with Gasteiger partial charge in [-0.3, -0.25) is 14.4 Å². The topological polar surface area (TPSA) is 108 Å². The number of hydrogen-bond donors (Lipinski definition) is 3. The van der Waals surface area contributed by atoms with Crippen molar-refractivity contribution in [2.24, 2.45) is 0 Å². The number of aliphatic carboxylic acids is 1. The number of amides is 1. The molecule has 0 saturated carbocycles. The molecule has 2 aromatic rings. The van der Waals surface area contributed by atoms with E-state index in [1.165, 1.54) is 6.07 Å². The fourth-order valence-electron chi connectivity index (χ4n) is 3.18. The van der Waals surface area contributed by atoms with Gasteiger partial charge < -0.3 is 20.1 Å². The normalized spacial score (nSPS) is 19.7. The first-order valence-corrected chi connectivity index (χ1v) is 8.39. The van der Waals surface area contributed by atoms with Crippen molar-refractivity contribution in [1.29, 1.82) is 0 Å². The molecule has 1 atom stereocenters. The van der Waals surface area contributed by atoms with Gasteiger partial charge in [0.1, 0.15) is 0 Å². The van der Waals surface area contributed by atoms with Gasteiger partial charge in [-0.2, -0.15) is 0 Å². The van der Waals surface area contributed by atoms with Crippen LogP contribution < -0.4 is 10.9 Å². The molecule has 1 amide bonds. The van der Waals surface area contributed by atoms with E-state index in [0.29, 0.717) is 25.1 Å². The molecule has 2 heterocycles. The first-order valence-electron chi connectivity index (χ1n) is 8.39. The molecule has 3 N–H and O–H groups in total. The van der Waals surface area contributed by atoms with Crippen molar-refractivity contribution in [3.05, 3.63) is 58.4 Å². The monoisotopic (exact) mass is 356 g/mol. The number of carboxylic acid groups (broad SMARTS) is 1. The number of aromatic amines is 1. The summed E-state index contributed by atoms with van der Waals surface area (Å²) in [5, 5.41) is 12.0. The third-order valence-electron chi connectivity index (χ3n) is 4.38. The summed E-state index contributed by atoms with van der Waals surface area (Å²) >= 11 is 0. The Kier molecular flexibility index (Phi) is 5.18. The van der Waals surface area contributed by atoms with Crippen LogP contribution in [0.1, 0.15) is 29.6 Å². The number of H-pyrrole nitrogens is 1. The van der Waals surface area contributed by atoms with Crippen molar-refractivity contribution in [3.8, 4) is 11.3 Å². The highest BCUT2D eigenvalue weighted by Crippen LogP contribution is 2.24. The van der Waals surface area contributed by atoms with Crippen LogP contribution in [0.3, 0.4) is 0 Å². The molecule has 1 aromatic heterocycles. The van der Waals surface area contributed by atoms with Crippen molar-refractivity contribution in [3.63, 3.8) is 0 Å². The molecule has 1 unspecified atom stereocenters. The average Bonchev–Trinajstić information content (AvgIpc) is 2.62. The highest BCUT2D eigenvalue weighted by Gasteiger charge is 2.37. The second-order valence-electron chi connectivity index (χ2n) is 6.47. The van der Waals surface area contributed by atoms with Gasteiger partial charge in [0.2, 0.25) is 5.56 Å². The predicted molar refractivity (Wildman–Crippen MR) is 95.0 cm³/mol. The Morgan fingerprint density at radius 2 is 2.00 bits per heavy atom. The maximum atomic E-state index is 12.7. The van der Waals surface area contributed by atoms with Gasteiger partial charge in [0.15, 0.2) is 0 Å². The maximum absolute atomic E-state index is 12.7. The van der Waals surface area contributed by atoms with Crippen LogP contribution in [-0.4, -0.2) is 40.7 Å². The molecule has 7 nitrogen and oxygen atoms in total. The lowest BCUT2D eigenvalue weighted by molar-refractivity contribution is -0.140. The second kappa shape index (κ2) is 7.53. The second-order valence-corrected chi connectivity index (χ2v) is 6.47. The maximum Gasteiger partial charge on any atom is 0.305 e. The fourth-order valence-corrected chi connectivity index (χ4v) is 3.18. The highest BCUT2D eigenvalue weighted by atomic mass is 16.5. The van der Waals surface area contributed by atoms with Gasteiger partial charge in [-0.1, -0.05) is 30.3 Å². The number of carboxylic acids is 1. The Balaban J connectivity index is 1.88. The molecule has 0 spiro atoms. The zero-order valence-electron chi connectivity index (χ0n) is 14.2. The van der Waals surface area contributed by atoms with E-state index in [1.54, 1.807) is 6.07 Å². The third kappa shape index (κ3) is 4.18. The summed E-state index contributed by atoms with van der Waals surface area (Å²) in [6, 6.07) is 12.0. The number of ether oxygens (including phenoxy) is 1. The minimum Gasteiger partial charge on any atom is -0.481 e. The van der Waals surface area contributed by atoms with Crippen molar-refractivity contribution < 1.29 is 19.4 Å². The number of aromatic nitrogens is 1. The van der Waals surface area contributed by atoms with E-state index >= 15 is 0 Å². The van der Waals surface area contributed by atoms with Gasteiger partial charge in [0.25, 0.3) is 5.91 Å².